The van der Waals surface area contributed by atoms with Crippen LogP contribution in [-0.2, 0) is 17.6 Å². The van der Waals surface area contributed by atoms with Gasteiger partial charge in [-0.05, 0) is 43.9 Å². The fourth-order valence-electron chi connectivity index (χ4n) is 3.34. The van der Waals surface area contributed by atoms with Gasteiger partial charge in [0, 0.05) is 10.9 Å². The first kappa shape index (κ1) is 18.8. The van der Waals surface area contributed by atoms with Gasteiger partial charge in [0.05, 0.1) is 29.0 Å². The molecule has 0 saturated carbocycles. The monoisotopic (exact) mass is 416 g/mol. The van der Waals surface area contributed by atoms with E-state index in [1.54, 1.807) is 14.0 Å². The Morgan fingerprint density at radius 2 is 2.21 bits per heavy atom. The van der Waals surface area contributed by atoms with Gasteiger partial charge in [0.25, 0.3) is 5.91 Å². The summed E-state index contributed by atoms with van der Waals surface area (Å²) in [6, 6.07) is 5.57. The summed E-state index contributed by atoms with van der Waals surface area (Å²) in [7, 11) is 1.61. The number of hydrogen-bond donors (Lipinski definition) is 3. The second-order valence-electron chi connectivity index (χ2n) is 6.60. The Balaban J connectivity index is 1.49. The fraction of sp³-hybridized carbons (Fsp3) is 0.316. The molecule has 2 aromatic heterocycles. The number of nitrogens with two attached hydrogens (primary N) is 1. The zero-order chi connectivity index (χ0) is 19.8. The molecular formula is C19H20N4O3S2. The van der Waals surface area contributed by atoms with Gasteiger partial charge in [-0.3, -0.25) is 9.59 Å². The van der Waals surface area contributed by atoms with E-state index in [0.29, 0.717) is 15.7 Å². The second-order valence-corrected chi connectivity index (χ2v) is 9.03. The molecule has 9 heteroatoms. The van der Waals surface area contributed by atoms with Crippen molar-refractivity contribution in [1.82, 2.24) is 9.97 Å². The summed E-state index contributed by atoms with van der Waals surface area (Å²) in [4.78, 5) is 33.4. The van der Waals surface area contributed by atoms with Gasteiger partial charge >= 0.3 is 0 Å². The van der Waals surface area contributed by atoms with E-state index in [1.807, 2.05) is 18.2 Å². The number of anilines is 1. The highest BCUT2D eigenvalue weighted by Crippen LogP contribution is 2.39. The molecule has 0 radical (unpaired) electrons. The Hall–Kier alpha value is -2.52. The molecule has 0 saturated heterocycles. The lowest BCUT2D eigenvalue weighted by atomic mass is 10.1. The van der Waals surface area contributed by atoms with Crippen LogP contribution in [0.3, 0.4) is 0 Å². The molecule has 0 aliphatic heterocycles. The molecule has 1 aliphatic carbocycles. The third kappa shape index (κ3) is 3.47. The number of nitrogens with one attached hydrogen (secondary N) is 2. The number of carbonyl (C=O) groups excluding carboxylic acids is 2. The Labute approximate surface area is 170 Å². The van der Waals surface area contributed by atoms with Gasteiger partial charge < -0.3 is 20.8 Å². The maximum Gasteiger partial charge on any atom is 0.251 e. The average Bonchev–Trinajstić information content (AvgIpc) is 3.33. The van der Waals surface area contributed by atoms with Crippen molar-refractivity contribution in [2.24, 2.45) is 5.73 Å². The third-order valence-electron chi connectivity index (χ3n) is 4.73. The van der Waals surface area contributed by atoms with Gasteiger partial charge in [0.1, 0.15) is 10.8 Å². The van der Waals surface area contributed by atoms with Crippen LogP contribution in [0.5, 0.6) is 5.75 Å². The van der Waals surface area contributed by atoms with Crippen molar-refractivity contribution in [3.05, 3.63) is 34.2 Å². The first-order chi connectivity index (χ1) is 13.5. The van der Waals surface area contributed by atoms with Crippen LogP contribution in [0.2, 0.25) is 0 Å². The number of carbonyl (C=O) groups is 2. The second kappa shape index (κ2) is 7.48. The molecule has 0 fully saturated rings. The normalized spacial score (nSPS) is 14.1. The molecule has 0 unspecified atom stereocenters. The number of primary amides is 1. The fourth-order valence-corrected chi connectivity index (χ4v) is 5.45. The lowest BCUT2D eigenvalue weighted by molar-refractivity contribution is -0.115. The van der Waals surface area contributed by atoms with Crippen LogP contribution in [0.15, 0.2) is 23.4 Å². The van der Waals surface area contributed by atoms with Crippen LogP contribution >= 0.6 is 23.1 Å². The van der Waals surface area contributed by atoms with Crippen molar-refractivity contribution in [3.63, 3.8) is 0 Å². The van der Waals surface area contributed by atoms with Gasteiger partial charge in [-0.2, -0.15) is 0 Å². The summed E-state index contributed by atoms with van der Waals surface area (Å²) in [6.07, 6.45) is 2.80. The van der Waals surface area contributed by atoms with Crippen molar-refractivity contribution in [2.75, 3.05) is 12.4 Å². The van der Waals surface area contributed by atoms with Gasteiger partial charge in [-0.1, -0.05) is 11.8 Å². The number of benzene rings is 1. The summed E-state index contributed by atoms with van der Waals surface area (Å²) in [5.41, 5.74) is 8.69. The SMILES string of the molecule is COc1ccc2nc(S[C@H](C)C(=O)Nc3sc4c(c3C(N)=O)CCC4)[nH]c2c1. The molecule has 28 heavy (non-hydrogen) atoms. The van der Waals surface area contributed by atoms with E-state index < -0.39 is 11.2 Å². The zero-order valence-corrected chi connectivity index (χ0v) is 17.1. The number of amides is 2. The zero-order valence-electron chi connectivity index (χ0n) is 15.5. The molecule has 4 rings (SSSR count). The molecule has 2 heterocycles. The lowest BCUT2D eigenvalue weighted by Crippen LogP contribution is -2.24. The molecule has 1 atom stereocenters. The molecule has 3 aromatic rings. The summed E-state index contributed by atoms with van der Waals surface area (Å²) >= 11 is 2.78. The van der Waals surface area contributed by atoms with Crippen LogP contribution < -0.4 is 15.8 Å². The van der Waals surface area contributed by atoms with Gasteiger partial charge in [-0.25, -0.2) is 4.98 Å². The Bertz CT molecular complexity index is 1070. The quantitative estimate of drug-likeness (QED) is 0.534. The van der Waals surface area contributed by atoms with E-state index in [-0.39, 0.29) is 5.91 Å². The maximum atomic E-state index is 12.7. The summed E-state index contributed by atoms with van der Waals surface area (Å²) in [5.74, 6) is 0.0647. The average molecular weight is 417 g/mol. The van der Waals surface area contributed by atoms with Crippen molar-refractivity contribution >= 4 is 50.9 Å². The molecule has 0 bridgehead atoms. The number of aromatic nitrogens is 2. The lowest BCUT2D eigenvalue weighted by Gasteiger charge is -2.10. The highest BCUT2D eigenvalue weighted by atomic mass is 32.2. The van der Waals surface area contributed by atoms with Crippen LogP contribution in [0.25, 0.3) is 11.0 Å². The summed E-state index contributed by atoms with van der Waals surface area (Å²) in [5, 5.41) is 3.69. The summed E-state index contributed by atoms with van der Waals surface area (Å²) in [6.45, 7) is 1.80. The third-order valence-corrected chi connectivity index (χ3v) is 6.92. The van der Waals surface area contributed by atoms with E-state index in [9.17, 15) is 9.59 Å². The predicted octanol–water partition coefficient (Wildman–Crippen LogP) is 3.34. The van der Waals surface area contributed by atoms with E-state index in [4.69, 9.17) is 10.5 Å². The van der Waals surface area contributed by atoms with Crippen molar-refractivity contribution in [3.8, 4) is 5.75 Å². The van der Waals surface area contributed by atoms with E-state index in [0.717, 1.165) is 46.5 Å². The number of imidazole rings is 1. The van der Waals surface area contributed by atoms with E-state index in [2.05, 4.69) is 15.3 Å². The number of thiophene rings is 1. The largest absolute Gasteiger partial charge is 0.497 e. The van der Waals surface area contributed by atoms with Crippen LogP contribution in [0, 0.1) is 0 Å². The number of rotatable bonds is 6. The minimum atomic E-state index is -0.485. The number of aromatic amines is 1. The minimum absolute atomic E-state index is 0.189. The minimum Gasteiger partial charge on any atom is -0.497 e. The standard InChI is InChI=1S/C19H20N4O3S2/c1-9(27-19-21-12-7-6-10(26-2)8-13(12)22-19)17(25)23-18-15(16(20)24)11-4-3-5-14(11)28-18/h6-9H,3-5H2,1-2H3,(H2,20,24)(H,21,22)(H,23,25)/t9-/m1/s1. The number of methoxy groups -OCH3 is 1. The molecule has 1 aromatic carbocycles. The number of ether oxygens (including phenoxy) is 1. The molecule has 1 aliphatic rings. The number of thioether (sulfide) groups is 1. The smallest absolute Gasteiger partial charge is 0.251 e. The van der Waals surface area contributed by atoms with Crippen molar-refractivity contribution < 1.29 is 14.3 Å². The van der Waals surface area contributed by atoms with Crippen molar-refractivity contribution in [1.29, 1.82) is 0 Å². The number of H-pyrrole nitrogens is 1. The van der Waals surface area contributed by atoms with Crippen LogP contribution in [0.1, 0.15) is 34.1 Å². The Morgan fingerprint density at radius 3 is 2.96 bits per heavy atom. The van der Waals surface area contributed by atoms with Gasteiger partial charge in [0.2, 0.25) is 5.91 Å². The topological polar surface area (TPSA) is 110 Å². The van der Waals surface area contributed by atoms with Crippen LogP contribution in [0.4, 0.5) is 5.00 Å². The molecule has 0 spiro atoms. The Kier molecular flexibility index (Phi) is 5.03. The molecule has 7 nitrogen and oxygen atoms in total. The predicted molar refractivity (Wildman–Crippen MR) is 111 cm³/mol. The highest BCUT2D eigenvalue weighted by Gasteiger charge is 2.27. The number of fused-ring (bicyclic) bond motifs is 2. The Morgan fingerprint density at radius 1 is 1.39 bits per heavy atom. The van der Waals surface area contributed by atoms with Crippen LogP contribution in [-0.4, -0.2) is 34.1 Å². The van der Waals surface area contributed by atoms with Gasteiger partial charge in [0.15, 0.2) is 5.16 Å². The number of nitrogens with zero attached hydrogens (tertiary/aromatic N) is 1. The molecular weight excluding hydrogens is 396 g/mol. The maximum absolute atomic E-state index is 12.7. The molecule has 146 valence electrons. The van der Waals surface area contributed by atoms with Crippen molar-refractivity contribution in [2.45, 2.75) is 36.6 Å². The van der Waals surface area contributed by atoms with E-state index >= 15 is 0 Å². The number of aryl methyl sites for hydroxylation is 1. The van der Waals surface area contributed by atoms with E-state index in [1.165, 1.54) is 23.1 Å². The molecule has 2 amide bonds. The number of hydrogen-bond acceptors (Lipinski definition) is 6. The highest BCUT2D eigenvalue weighted by molar-refractivity contribution is 8.00. The first-order valence-corrected chi connectivity index (χ1v) is 10.6. The molecule has 4 N–H and O–H groups in total. The van der Waals surface area contributed by atoms with Gasteiger partial charge in [-0.15, -0.1) is 11.3 Å². The summed E-state index contributed by atoms with van der Waals surface area (Å²) < 4.78 is 5.22. The first-order valence-electron chi connectivity index (χ1n) is 8.92.